The summed E-state index contributed by atoms with van der Waals surface area (Å²) in [5.74, 6) is 0.160. The first-order valence-corrected chi connectivity index (χ1v) is 9.59. The second-order valence-corrected chi connectivity index (χ2v) is 7.72. The molecule has 2 heterocycles. The lowest BCUT2D eigenvalue weighted by atomic mass is 10.0. The molecular weight excluding hydrogens is 332 g/mol. The molecule has 3 rings (SSSR count). The van der Waals surface area contributed by atoms with Crippen molar-refractivity contribution in [2.75, 3.05) is 13.1 Å². The Balaban J connectivity index is 1.50. The Morgan fingerprint density at radius 3 is 2.56 bits per heavy atom. The van der Waals surface area contributed by atoms with E-state index in [-0.39, 0.29) is 17.9 Å². The summed E-state index contributed by atoms with van der Waals surface area (Å²) >= 11 is 1.60. The summed E-state index contributed by atoms with van der Waals surface area (Å²) in [6.07, 6.45) is 2.07. The van der Waals surface area contributed by atoms with Gasteiger partial charge in [0.2, 0.25) is 5.91 Å². The molecule has 0 atom stereocenters. The quantitative estimate of drug-likeness (QED) is 0.913. The summed E-state index contributed by atoms with van der Waals surface area (Å²) in [5, 5.41) is 5.09. The molecule has 2 aromatic rings. The lowest BCUT2D eigenvalue weighted by molar-refractivity contribution is -0.121. The van der Waals surface area contributed by atoms with Crippen LogP contribution in [0.2, 0.25) is 0 Å². The van der Waals surface area contributed by atoms with E-state index < -0.39 is 0 Å². The van der Waals surface area contributed by atoms with Gasteiger partial charge in [0.05, 0.1) is 6.42 Å². The van der Waals surface area contributed by atoms with Crippen LogP contribution >= 0.6 is 11.3 Å². The number of aryl methyl sites for hydroxylation is 2. The molecular formula is C20H24N2O2S. The monoisotopic (exact) mass is 356 g/mol. The molecule has 0 aliphatic carbocycles. The normalized spacial score (nSPS) is 15.2. The van der Waals surface area contributed by atoms with E-state index in [9.17, 15) is 9.59 Å². The van der Waals surface area contributed by atoms with Crippen LogP contribution in [0.4, 0.5) is 0 Å². The highest BCUT2D eigenvalue weighted by Gasteiger charge is 2.24. The fourth-order valence-electron chi connectivity index (χ4n) is 3.13. The largest absolute Gasteiger partial charge is 0.353 e. The minimum Gasteiger partial charge on any atom is -0.353 e. The molecule has 1 aromatic carbocycles. The third-order valence-corrected chi connectivity index (χ3v) is 5.69. The summed E-state index contributed by atoms with van der Waals surface area (Å²) < 4.78 is 0. The second-order valence-electron chi connectivity index (χ2n) is 6.69. The van der Waals surface area contributed by atoms with Crippen molar-refractivity contribution >= 4 is 23.2 Å². The van der Waals surface area contributed by atoms with Crippen LogP contribution in [0, 0.1) is 13.8 Å². The molecule has 5 heteroatoms. The van der Waals surface area contributed by atoms with E-state index in [1.54, 1.807) is 11.3 Å². The molecule has 0 radical (unpaired) electrons. The maximum absolute atomic E-state index is 12.6. The van der Waals surface area contributed by atoms with Crippen LogP contribution in [0.25, 0.3) is 0 Å². The van der Waals surface area contributed by atoms with Gasteiger partial charge in [-0.1, -0.05) is 12.1 Å². The average molecular weight is 356 g/mol. The van der Waals surface area contributed by atoms with Crippen LogP contribution in [0.15, 0.2) is 35.7 Å². The van der Waals surface area contributed by atoms with E-state index in [1.807, 2.05) is 54.5 Å². The Labute approximate surface area is 152 Å². The van der Waals surface area contributed by atoms with E-state index in [0.717, 1.165) is 28.8 Å². The van der Waals surface area contributed by atoms with Gasteiger partial charge in [0, 0.05) is 29.6 Å². The van der Waals surface area contributed by atoms with Crippen molar-refractivity contribution in [3.8, 4) is 0 Å². The molecule has 25 heavy (non-hydrogen) atoms. The van der Waals surface area contributed by atoms with Crippen LogP contribution in [-0.2, 0) is 11.2 Å². The second kappa shape index (κ2) is 7.83. The van der Waals surface area contributed by atoms with Crippen LogP contribution in [0.5, 0.6) is 0 Å². The smallest absolute Gasteiger partial charge is 0.253 e. The number of hydrogen-bond donors (Lipinski definition) is 1. The maximum Gasteiger partial charge on any atom is 0.253 e. The first-order valence-electron chi connectivity index (χ1n) is 8.71. The van der Waals surface area contributed by atoms with Crippen molar-refractivity contribution in [1.29, 1.82) is 0 Å². The van der Waals surface area contributed by atoms with E-state index >= 15 is 0 Å². The number of rotatable bonds is 4. The van der Waals surface area contributed by atoms with Crippen molar-refractivity contribution in [3.63, 3.8) is 0 Å². The number of nitrogens with zero attached hydrogens (tertiary/aromatic N) is 1. The lowest BCUT2D eigenvalue weighted by Gasteiger charge is -2.32. The molecule has 1 fully saturated rings. The highest BCUT2D eigenvalue weighted by atomic mass is 32.1. The van der Waals surface area contributed by atoms with Crippen LogP contribution in [0.3, 0.4) is 0 Å². The fraction of sp³-hybridized carbons (Fsp3) is 0.400. The molecule has 1 saturated heterocycles. The number of piperidine rings is 1. The van der Waals surface area contributed by atoms with E-state index in [1.165, 1.54) is 5.56 Å². The average Bonchev–Trinajstić information content (AvgIpc) is 3.10. The van der Waals surface area contributed by atoms with Crippen molar-refractivity contribution in [2.45, 2.75) is 39.2 Å². The zero-order valence-corrected chi connectivity index (χ0v) is 15.6. The number of carbonyl (C=O) groups is 2. The lowest BCUT2D eigenvalue weighted by Crippen LogP contribution is -2.46. The topological polar surface area (TPSA) is 49.4 Å². The van der Waals surface area contributed by atoms with Crippen LogP contribution < -0.4 is 5.32 Å². The van der Waals surface area contributed by atoms with Crippen molar-refractivity contribution in [1.82, 2.24) is 10.2 Å². The Hall–Kier alpha value is -2.14. The third-order valence-electron chi connectivity index (χ3n) is 4.82. The van der Waals surface area contributed by atoms with Gasteiger partial charge < -0.3 is 10.2 Å². The van der Waals surface area contributed by atoms with Gasteiger partial charge in [-0.05, 0) is 61.4 Å². The van der Waals surface area contributed by atoms with Gasteiger partial charge in [0.1, 0.15) is 0 Å². The third kappa shape index (κ3) is 4.48. The maximum atomic E-state index is 12.6. The van der Waals surface area contributed by atoms with Crippen LogP contribution in [-0.4, -0.2) is 35.8 Å². The summed E-state index contributed by atoms with van der Waals surface area (Å²) in [7, 11) is 0. The van der Waals surface area contributed by atoms with E-state index in [4.69, 9.17) is 0 Å². The van der Waals surface area contributed by atoms with Gasteiger partial charge in [-0.25, -0.2) is 0 Å². The molecule has 2 amide bonds. The number of benzene rings is 1. The minimum absolute atomic E-state index is 0.0707. The number of nitrogens with one attached hydrogen (secondary N) is 1. The molecule has 132 valence electrons. The van der Waals surface area contributed by atoms with Gasteiger partial charge in [0.25, 0.3) is 5.91 Å². The molecule has 0 bridgehead atoms. The van der Waals surface area contributed by atoms with Crippen molar-refractivity contribution in [3.05, 3.63) is 57.3 Å². The summed E-state index contributed by atoms with van der Waals surface area (Å²) in [6, 6.07) is 9.97. The molecule has 0 spiro atoms. The summed E-state index contributed by atoms with van der Waals surface area (Å²) in [4.78, 5) is 27.7. The zero-order chi connectivity index (χ0) is 17.8. The van der Waals surface area contributed by atoms with Crippen molar-refractivity contribution < 1.29 is 9.59 Å². The van der Waals surface area contributed by atoms with Crippen molar-refractivity contribution in [2.24, 2.45) is 0 Å². The first kappa shape index (κ1) is 17.7. The van der Waals surface area contributed by atoms with Crippen LogP contribution in [0.1, 0.15) is 39.2 Å². The number of amides is 2. The number of thiophene rings is 1. The zero-order valence-electron chi connectivity index (χ0n) is 14.7. The fourth-order valence-corrected chi connectivity index (χ4v) is 3.84. The highest BCUT2D eigenvalue weighted by molar-refractivity contribution is 7.10. The predicted molar refractivity (Wildman–Crippen MR) is 101 cm³/mol. The van der Waals surface area contributed by atoms with Gasteiger partial charge in [-0.3, -0.25) is 9.59 Å². The van der Waals surface area contributed by atoms with Gasteiger partial charge >= 0.3 is 0 Å². The first-order chi connectivity index (χ1) is 12.0. The molecule has 1 aromatic heterocycles. The Morgan fingerprint density at radius 1 is 1.16 bits per heavy atom. The van der Waals surface area contributed by atoms with E-state index in [0.29, 0.717) is 19.5 Å². The predicted octanol–water partition coefficient (Wildman–Crippen LogP) is 3.33. The van der Waals surface area contributed by atoms with E-state index in [2.05, 4.69) is 5.32 Å². The Bertz CT molecular complexity index is 747. The molecule has 4 nitrogen and oxygen atoms in total. The molecule has 1 aliphatic rings. The molecule has 0 saturated carbocycles. The van der Waals surface area contributed by atoms with Gasteiger partial charge in [0.15, 0.2) is 0 Å². The standard InChI is InChI=1S/C20H24N2O2S/c1-14-5-6-16(12-15(14)2)20(24)22-9-7-17(8-10-22)21-19(23)13-18-4-3-11-25-18/h3-6,11-12,17H,7-10,13H2,1-2H3,(H,21,23). The van der Waals surface area contributed by atoms with Gasteiger partial charge in [-0.2, -0.15) is 0 Å². The van der Waals surface area contributed by atoms with Gasteiger partial charge in [-0.15, -0.1) is 11.3 Å². The highest BCUT2D eigenvalue weighted by Crippen LogP contribution is 2.17. The molecule has 1 aliphatic heterocycles. The summed E-state index contributed by atoms with van der Waals surface area (Å²) in [6.45, 7) is 5.46. The molecule has 1 N–H and O–H groups in total. The summed E-state index contributed by atoms with van der Waals surface area (Å²) in [5.41, 5.74) is 3.09. The number of likely N-dealkylation sites (tertiary alicyclic amines) is 1. The molecule has 0 unspecified atom stereocenters. The SMILES string of the molecule is Cc1ccc(C(=O)N2CCC(NC(=O)Cc3cccs3)CC2)cc1C. The number of hydrogen-bond acceptors (Lipinski definition) is 3. The Kier molecular flexibility index (Phi) is 5.53. The minimum atomic E-state index is 0.0707. The number of carbonyl (C=O) groups excluding carboxylic acids is 2. The Morgan fingerprint density at radius 2 is 1.92 bits per heavy atom.